The molecule has 0 radical (unpaired) electrons. The second kappa shape index (κ2) is 5.57. The highest BCUT2D eigenvalue weighted by molar-refractivity contribution is 7.99. The molecule has 0 saturated carbocycles. The minimum atomic E-state index is -0.314. The van der Waals surface area contributed by atoms with Gasteiger partial charge in [0.1, 0.15) is 17.0 Å². The van der Waals surface area contributed by atoms with Gasteiger partial charge in [-0.15, -0.1) is 11.8 Å². The van der Waals surface area contributed by atoms with Crippen LogP contribution in [0.4, 0.5) is 11.5 Å². The molecule has 1 aromatic heterocycles. The molecule has 1 aliphatic rings. The Balaban J connectivity index is 1.87. The van der Waals surface area contributed by atoms with Crippen molar-refractivity contribution >= 4 is 23.3 Å². The maximum absolute atomic E-state index is 12.3. The third-order valence-corrected chi connectivity index (χ3v) is 5.09. The van der Waals surface area contributed by atoms with Gasteiger partial charge >= 0.3 is 5.69 Å². The predicted molar refractivity (Wildman–Crippen MR) is 90.5 cm³/mol. The van der Waals surface area contributed by atoms with Crippen molar-refractivity contribution in [3.63, 3.8) is 0 Å². The van der Waals surface area contributed by atoms with Crippen LogP contribution in [-0.2, 0) is 19.8 Å². The van der Waals surface area contributed by atoms with E-state index in [2.05, 4.69) is 17.4 Å². The fraction of sp³-hybridized carbons (Fsp3) is 0.333. The number of nitrogens with zero attached hydrogens (tertiary/aromatic N) is 3. The SMILES string of the molecule is CN1c2c(c(=O)n(C)c(=O)n2C)NC1SCc1ccccc1. The molecule has 0 bridgehead atoms. The van der Waals surface area contributed by atoms with Crippen LogP contribution in [0.1, 0.15) is 5.56 Å². The first-order valence-corrected chi connectivity index (χ1v) is 8.00. The summed E-state index contributed by atoms with van der Waals surface area (Å²) >= 11 is 1.68. The summed E-state index contributed by atoms with van der Waals surface area (Å²) in [6.07, 6.45) is 0. The van der Waals surface area contributed by atoms with Crippen molar-refractivity contribution in [2.24, 2.45) is 14.1 Å². The Labute approximate surface area is 132 Å². The van der Waals surface area contributed by atoms with Crippen molar-refractivity contribution < 1.29 is 0 Å². The van der Waals surface area contributed by atoms with Crippen molar-refractivity contribution in [1.82, 2.24) is 9.13 Å². The minimum Gasteiger partial charge on any atom is -0.349 e. The Morgan fingerprint density at radius 1 is 1.09 bits per heavy atom. The van der Waals surface area contributed by atoms with Crippen LogP contribution in [0.2, 0.25) is 0 Å². The van der Waals surface area contributed by atoms with Crippen LogP contribution in [0.5, 0.6) is 0 Å². The Kier molecular flexibility index (Phi) is 3.74. The molecule has 7 heteroatoms. The first-order valence-electron chi connectivity index (χ1n) is 6.95. The summed E-state index contributed by atoms with van der Waals surface area (Å²) in [6, 6.07) is 10.2. The van der Waals surface area contributed by atoms with Gasteiger partial charge in [0.15, 0.2) is 0 Å². The van der Waals surface area contributed by atoms with Crippen molar-refractivity contribution in [3.8, 4) is 0 Å². The van der Waals surface area contributed by atoms with E-state index in [4.69, 9.17) is 0 Å². The molecule has 1 atom stereocenters. The number of anilines is 2. The highest BCUT2D eigenvalue weighted by Gasteiger charge is 2.31. The third-order valence-electron chi connectivity index (χ3n) is 3.84. The molecule has 1 N–H and O–H groups in total. The lowest BCUT2D eigenvalue weighted by atomic mass is 10.2. The van der Waals surface area contributed by atoms with Crippen LogP contribution in [-0.4, -0.2) is 21.7 Å². The fourth-order valence-electron chi connectivity index (χ4n) is 2.61. The summed E-state index contributed by atoms with van der Waals surface area (Å²) in [5.74, 6) is 1.46. The summed E-state index contributed by atoms with van der Waals surface area (Å²) in [5.41, 5.74) is 1.04. The van der Waals surface area contributed by atoms with Crippen molar-refractivity contribution in [3.05, 3.63) is 56.7 Å². The van der Waals surface area contributed by atoms with E-state index in [0.717, 1.165) is 10.3 Å². The molecule has 2 aromatic rings. The third kappa shape index (κ3) is 2.31. The van der Waals surface area contributed by atoms with Gasteiger partial charge in [-0.1, -0.05) is 30.3 Å². The molecule has 0 spiro atoms. The maximum Gasteiger partial charge on any atom is 0.332 e. The quantitative estimate of drug-likeness (QED) is 0.920. The predicted octanol–water partition coefficient (Wildman–Crippen LogP) is 1.16. The zero-order chi connectivity index (χ0) is 15.9. The van der Waals surface area contributed by atoms with Gasteiger partial charge in [0.2, 0.25) is 0 Å². The van der Waals surface area contributed by atoms with E-state index >= 15 is 0 Å². The van der Waals surface area contributed by atoms with Gasteiger partial charge in [-0.2, -0.15) is 0 Å². The number of fused-ring (bicyclic) bond motifs is 1. The van der Waals surface area contributed by atoms with E-state index in [1.165, 1.54) is 17.2 Å². The smallest absolute Gasteiger partial charge is 0.332 e. The second-order valence-electron chi connectivity index (χ2n) is 5.31. The number of aromatic nitrogens is 2. The Morgan fingerprint density at radius 2 is 1.77 bits per heavy atom. The number of thioether (sulfide) groups is 1. The molecule has 0 aliphatic carbocycles. The summed E-state index contributed by atoms with van der Waals surface area (Å²) in [6.45, 7) is 0. The van der Waals surface area contributed by atoms with Crippen LogP contribution < -0.4 is 21.5 Å². The number of rotatable bonds is 3. The highest BCUT2D eigenvalue weighted by Crippen LogP contribution is 2.34. The second-order valence-corrected chi connectivity index (χ2v) is 6.38. The number of hydrogen-bond acceptors (Lipinski definition) is 5. The lowest BCUT2D eigenvalue weighted by Gasteiger charge is -2.22. The normalized spacial score (nSPS) is 16.5. The Morgan fingerprint density at radius 3 is 2.45 bits per heavy atom. The average molecular weight is 318 g/mol. The fourth-order valence-corrected chi connectivity index (χ4v) is 3.67. The van der Waals surface area contributed by atoms with Crippen LogP contribution >= 0.6 is 11.8 Å². The highest BCUT2D eigenvalue weighted by atomic mass is 32.2. The molecule has 0 saturated heterocycles. The van der Waals surface area contributed by atoms with Gasteiger partial charge in [0.25, 0.3) is 5.56 Å². The van der Waals surface area contributed by atoms with Crippen molar-refractivity contribution in [2.75, 3.05) is 17.3 Å². The molecular formula is C15H18N4O2S. The largest absolute Gasteiger partial charge is 0.349 e. The van der Waals surface area contributed by atoms with Crippen LogP contribution in [0.3, 0.4) is 0 Å². The molecule has 1 aliphatic heterocycles. The molecule has 0 amide bonds. The van der Waals surface area contributed by atoms with E-state index in [1.807, 2.05) is 30.1 Å². The minimum absolute atomic E-state index is 0.0732. The average Bonchev–Trinajstić information content (AvgIpc) is 2.87. The molecular weight excluding hydrogens is 300 g/mol. The first-order chi connectivity index (χ1) is 10.5. The zero-order valence-corrected chi connectivity index (χ0v) is 13.6. The van der Waals surface area contributed by atoms with E-state index in [9.17, 15) is 9.59 Å². The lowest BCUT2D eigenvalue weighted by Crippen LogP contribution is -2.38. The van der Waals surface area contributed by atoms with Gasteiger partial charge in [-0.3, -0.25) is 13.9 Å². The van der Waals surface area contributed by atoms with Crippen LogP contribution in [0.25, 0.3) is 0 Å². The van der Waals surface area contributed by atoms with Crippen LogP contribution in [0, 0.1) is 0 Å². The van der Waals surface area contributed by atoms with E-state index < -0.39 is 0 Å². The molecule has 116 valence electrons. The summed E-state index contributed by atoms with van der Waals surface area (Å²) < 4.78 is 2.64. The number of benzene rings is 1. The summed E-state index contributed by atoms with van der Waals surface area (Å²) in [5, 5.41) is 3.23. The summed E-state index contributed by atoms with van der Waals surface area (Å²) in [4.78, 5) is 26.2. The van der Waals surface area contributed by atoms with E-state index in [0.29, 0.717) is 11.5 Å². The van der Waals surface area contributed by atoms with E-state index in [-0.39, 0.29) is 16.7 Å². The molecule has 2 heterocycles. The standard InChI is InChI=1S/C15H18N4O2S/c1-17-12-11(13(20)19(3)15(21)18(12)2)16-14(17)22-9-10-7-5-4-6-8-10/h4-8,14,16H,9H2,1-3H3. The molecule has 3 rings (SSSR count). The van der Waals surface area contributed by atoms with Gasteiger partial charge in [0.05, 0.1) is 0 Å². The van der Waals surface area contributed by atoms with Gasteiger partial charge < -0.3 is 10.2 Å². The maximum atomic E-state index is 12.3. The van der Waals surface area contributed by atoms with Gasteiger partial charge in [-0.25, -0.2) is 4.79 Å². The topological polar surface area (TPSA) is 59.3 Å². The van der Waals surface area contributed by atoms with E-state index in [1.54, 1.807) is 18.8 Å². The zero-order valence-electron chi connectivity index (χ0n) is 12.7. The van der Waals surface area contributed by atoms with Crippen LogP contribution in [0.15, 0.2) is 39.9 Å². The Bertz CT molecular complexity index is 813. The lowest BCUT2D eigenvalue weighted by molar-refractivity contribution is 0.689. The number of nitrogens with one attached hydrogen (secondary N) is 1. The molecule has 1 aromatic carbocycles. The first kappa shape index (κ1) is 14.8. The van der Waals surface area contributed by atoms with Crippen molar-refractivity contribution in [2.45, 2.75) is 11.3 Å². The Hall–Kier alpha value is -2.15. The molecule has 22 heavy (non-hydrogen) atoms. The van der Waals surface area contributed by atoms with Gasteiger partial charge in [0, 0.05) is 26.9 Å². The van der Waals surface area contributed by atoms with Gasteiger partial charge in [-0.05, 0) is 5.56 Å². The molecule has 0 fully saturated rings. The monoisotopic (exact) mass is 318 g/mol. The molecule has 1 unspecified atom stereocenters. The summed E-state index contributed by atoms with van der Waals surface area (Å²) in [7, 11) is 5.07. The molecule has 6 nitrogen and oxygen atoms in total. The number of hydrogen-bond donors (Lipinski definition) is 1. The van der Waals surface area contributed by atoms with Crippen molar-refractivity contribution in [1.29, 1.82) is 0 Å².